The maximum Gasteiger partial charge on any atom is 0.326 e. The highest BCUT2D eigenvalue weighted by Gasteiger charge is 2.32. The molecule has 0 fully saturated rings. The molecule has 2 rings (SSSR count). The molecular weight excluding hydrogens is 530 g/mol. The summed E-state index contributed by atoms with van der Waals surface area (Å²) in [5.41, 5.74) is 17.0. The van der Waals surface area contributed by atoms with Crippen molar-refractivity contribution in [3.8, 4) is 0 Å². The molecule has 0 aliphatic rings. The maximum atomic E-state index is 13.2. The number of aliphatic carboxylic acids is 2. The number of nitrogens with two attached hydrogens (primary N) is 3. The van der Waals surface area contributed by atoms with Crippen LogP contribution in [0.3, 0.4) is 0 Å². The number of carbonyl (C=O) groups excluding carboxylic acids is 5. The smallest absolute Gasteiger partial charge is 0.326 e. The number of carboxylic acid groups (broad SMARTS) is 2. The van der Waals surface area contributed by atoms with E-state index in [1.54, 1.807) is 30.5 Å². The topological polar surface area (TPSA) is 290 Å². The summed E-state index contributed by atoms with van der Waals surface area (Å²) in [6.07, 6.45) is -0.794. The van der Waals surface area contributed by atoms with E-state index in [9.17, 15) is 38.7 Å². The summed E-state index contributed by atoms with van der Waals surface area (Å²) in [4.78, 5) is 86.9. The van der Waals surface area contributed by atoms with E-state index in [1.807, 2.05) is 0 Å². The van der Waals surface area contributed by atoms with Crippen molar-refractivity contribution < 1.29 is 43.8 Å². The van der Waals surface area contributed by atoms with Crippen LogP contribution in [0.4, 0.5) is 0 Å². The number of amides is 5. The maximum absolute atomic E-state index is 13.2. The minimum absolute atomic E-state index is 0.161. The predicted octanol–water partition coefficient (Wildman–Crippen LogP) is -2.81. The molecular formula is C24H31N7O9. The highest BCUT2D eigenvalue weighted by atomic mass is 16.4. The molecule has 12 N–H and O–H groups in total. The van der Waals surface area contributed by atoms with Gasteiger partial charge in [-0.25, -0.2) is 4.79 Å². The van der Waals surface area contributed by atoms with Crippen molar-refractivity contribution in [2.75, 3.05) is 0 Å². The Hall–Kier alpha value is -4.99. The number of carbonyl (C=O) groups is 7. The normalized spacial score (nSPS) is 13.8. The van der Waals surface area contributed by atoms with Gasteiger partial charge in [0.1, 0.15) is 18.1 Å². The molecule has 4 unspecified atom stereocenters. The third kappa shape index (κ3) is 9.39. The molecule has 16 heteroatoms. The summed E-state index contributed by atoms with van der Waals surface area (Å²) >= 11 is 0. The molecule has 5 amide bonds. The van der Waals surface area contributed by atoms with E-state index < -0.39 is 91.3 Å². The minimum Gasteiger partial charge on any atom is -0.481 e. The van der Waals surface area contributed by atoms with Crippen molar-refractivity contribution in [3.63, 3.8) is 0 Å². The lowest BCUT2D eigenvalue weighted by Gasteiger charge is -2.25. The van der Waals surface area contributed by atoms with Crippen LogP contribution in [0.5, 0.6) is 0 Å². The second-order valence-corrected chi connectivity index (χ2v) is 8.97. The molecule has 40 heavy (non-hydrogen) atoms. The highest BCUT2D eigenvalue weighted by Crippen LogP contribution is 2.19. The lowest BCUT2D eigenvalue weighted by atomic mass is 10.0. The van der Waals surface area contributed by atoms with Gasteiger partial charge in [0, 0.05) is 29.9 Å². The number of hydrogen-bond donors (Lipinski definition) is 9. The van der Waals surface area contributed by atoms with E-state index in [-0.39, 0.29) is 6.42 Å². The number of carboxylic acids is 2. The molecule has 216 valence electrons. The second-order valence-electron chi connectivity index (χ2n) is 8.97. The van der Waals surface area contributed by atoms with Gasteiger partial charge in [0.25, 0.3) is 0 Å². The number of para-hydroxylation sites is 1. The van der Waals surface area contributed by atoms with Gasteiger partial charge in [0.15, 0.2) is 0 Å². The summed E-state index contributed by atoms with van der Waals surface area (Å²) < 4.78 is 0. The molecule has 1 aromatic heterocycles. The molecule has 2 aromatic rings. The van der Waals surface area contributed by atoms with Crippen molar-refractivity contribution >= 4 is 52.4 Å². The molecule has 0 aliphatic carbocycles. The summed E-state index contributed by atoms with van der Waals surface area (Å²) in [6.45, 7) is 0. The number of H-pyrrole nitrogens is 1. The van der Waals surface area contributed by atoms with Gasteiger partial charge in [0.2, 0.25) is 29.5 Å². The van der Waals surface area contributed by atoms with Crippen LogP contribution in [-0.4, -0.2) is 80.8 Å². The van der Waals surface area contributed by atoms with Crippen molar-refractivity contribution in [1.82, 2.24) is 20.9 Å². The molecule has 4 atom stereocenters. The standard InChI is InChI=1S/C24H31N7O9/c25-13(8-18(26)32)21(36)29-15(5-6-20(34)35)22(37)30-16(23(38)31-17(24(39)40)9-19(27)33)7-11-10-28-14-4-2-1-3-12(11)14/h1-4,10,13,15-17,28H,5-9,25H2,(H2,26,32)(H2,27,33)(H,29,36)(H,30,37)(H,31,38)(H,34,35)(H,39,40). The number of rotatable bonds is 16. The van der Waals surface area contributed by atoms with Crippen LogP contribution in [0.2, 0.25) is 0 Å². The van der Waals surface area contributed by atoms with Gasteiger partial charge in [-0.15, -0.1) is 0 Å². The highest BCUT2D eigenvalue weighted by molar-refractivity contribution is 5.96. The van der Waals surface area contributed by atoms with Gasteiger partial charge in [-0.2, -0.15) is 0 Å². The quantitative estimate of drug-likeness (QED) is 0.101. The third-order valence-corrected chi connectivity index (χ3v) is 5.79. The summed E-state index contributed by atoms with van der Waals surface area (Å²) in [5, 5.41) is 26.0. The van der Waals surface area contributed by atoms with Gasteiger partial charge < -0.3 is 48.3 Å². The Morgan fingerprint density at radius 1 is 0.800 bits per heavy atom. The van der Waals surface area contributed by atoms with E-state index in [0.29, 0.717) is 10.9 Å². The van der Waals surface area contributed by atoms with Crippen molar-refractivity contribution in [1.29, 1.82) is 0 Å². The average molecular weight is 562 g/mol. The zero-order chi connectivity index (χ0) is 30.0. The van der Waals surface area contributed by atoms with Crippen LogP contribution in [0, 0.1) is 0 Å². The van der Waals surface area contributed by atoms with Crippen LogP contribution in [0.25, 0.3) is 10.9 Å². The monoisotopic (exact) mass is 561 g/mol. The molecule has 0 spiro atoms. The first-order valence-corrected chi connectivity index (χ1v) is 12.0. The van der Waals surface area contributed by atoms with Gasteiger partial charge in [-0.1, -0.05) is 18.2 Å². The first-order chi connectivity index (χ1) is 18.8. The SMILES string of the molecule is NC(=O)CC(N)C(=O)NC(CCC(=O)O)C(=O)NC(Cc1c[nH]c2ccccc12)C(=O)NC(CC(N)=O)C(=O)O. The van der Waals surface area contributed by atoms with Crippen molar-refractivity contribution in [3.05, 3.63) is 36.0 Å². The number of primary amides is 2. The summed E-state index contributed by atoms with van der Waals surface area (Å²) in [7, 11) is 0. The zero-order valence-electron chi connectivity index (χ0n) is 21.2. The fraction of sp³-hybridized carbons (Fsp3) is 0.375. The van der Waals surface area contributed by atoms with Gasteiger partial charge in [0.05, 0.1) is 18.9 Å². The molecule has 0 saturated carbocycles. The lowest BCUT2D eigenvalue weighted by Crippen LogP contribution is -2.58. The fourth-order valence-corrected chi connectivity index (χ4v) is 3.80. The number of fused-ring (bicyclic) bond motifs is 1. The van der Waals surface area contributed by atoms with Gasteiger partial charge >= 0.3 is 11.9 Å². The molecule has 0 bridgehead atoms. The fourth-order valence-electron chi connectivity index (χ4n) is 3.80. The van der Waals surface area contributed by atoms with E-state index in [4.69, 9.17) is 22.3 Å². The van der Waals surface area contributed by atoms with Crippen LogP contribution < -0.4 is 33.2 Å². The first-order valence-electron chi connectivity index (χ1n) is 12.0. The van der Waals surface area contributed by atoms with E-state index in [1.165, 1.54) is 0 Å². The van der Waals surface area contributed by atoms with Crippen molar-refractivity contribution in [2.24, 2.45) is 17.2 Å². The molecule has 0 aliphatic heterocycles. The third-order valence-electron chi connectivity index (χ3n) is 5.79. The number of aromatic amines is 1. The van der Waals surface area contributed by atoms with Crippen LogP contribution in [-0.2, 0) is 40.0 Å². The average Bonchev–Trinajstić information content (AvgIpc) is 3.27. The summed E-state index contributed by atoms with van der Waals surface area (Å²) in [5.74, 6) is -7.63. The Balaban J connectivity index is 2.34. The minimum atomic E-state index is -1.69. The number of hydrogen-bond acceptors (Lipinski definition) is 8. The Morgan fingerprint density at radius 3 is 1.98 bits per heavy atom. The Bertz CT molecular complexity index is 1290. The van der Waals surface area contributed by atoms with Crippen LogP contribution in [0.15, 0.2) is 30.5 Å². The van der Waals surface area contributed by atoms with E-state index in [2.05, 4.69) is 20.9 Å². The van der Waals surface area contributed by atoms with Crippen molar-refractivity contribution in [2.45, 2.75) is 56.3 Å². The van der Waals surface area contributed by atoms with Crippen LogP contribution >= 0.6 is 0 Å². The number of benzene rings is 1. The van der Waals surface area contributed by atoms with E-state index >= 15 is 0 Å². The molecule has 16 nitrogen and oxygen atoms in total. The zero-order valence-corrected chi connectivity index (χ0v) is 21.2. The molecule has 1 aromatic carbocycles. The molecule has 0 radical (unpaired) electrons. The molecule has 1 heterocycles. The first kappa shape index (κ1) is 31.2. The van der Waals surface area contributed by atoms with Gasteiger partial charge in [-0.3, -0.25) is 28.8 Å². The number of aromatic nitrogens is 1. The van der Waals surface area contributed by atoms with Gasteiger partial charge in [-0.05, 0) is 18.1 Å². The lowest BCUT2D eigenvalue weighted by molar-refractivity contribution is -0.143. The largest absolute Gasteiger partial charge is 0.481 e. The Labute approximate surface area is 227 Å². The summed E-state index contributed by atoms with van der Waals surface area (Å²) in [6, 6.07) is 0.983. The van der Waals surface area contributed by atoms with E-state index in [0.717, 1.165) is 5.52 Å². The molecule has 0 saturated heterocycles. The number of nitrogens with one attached hydrogen (secondary N) is 4. The Morgan fingerprint density at radius 2 is 1.38 bits per heavy atom. The Kier molecular flexibility index (Phi) is 11.1. The predicted molar refractivity (Wildman–Crippen MR) is 138 cm³/mol. The second kappa shape index (κ2) is 14.2. The van der Waals surface area contributed by atoms with Crippen LogP contribution in [0.1, 0.15) is 31.2 Å².